The van der Waals surface area contributed by atoms with E-state index in [0.29, 0.717) is 12.1 Å². The van der Waals surface area contributed by atoms with Crippen LogP contribution < -0.4 is 4.72 Å². The summed E-state index contributed by atoms with van der Waals surface area (Å²) >= 11 is 0. The summed E-state index contributed by atoms with van der Waals surface area (Å²) in [4.78, 5) is -0.716. The zero-order valence-corrected chi connectivity index (χ0v) is 10.6. The number of benzene rings is 1. The Balaban J connectivity index is 2.14. The Labute approximate surface area is 108 Å². The number of rotatable bonds is 5. The number of aliphatic hydroxyl groups excluding tert-OH is 1. The van der Waals surface area contributed by atoms with Crippen molar-refractivity contribution in [1.29, 1.82) is 0 Å². The first-order chi connectivity index (χ1) is 8.81. The Morgan fingerprint density at radius 2 is 1.79 bits per heavy atom. The summed E-state index contributed by atoms with van der Waals surface area (Å²) in [6.07, 6.45) is 0.815. The van der Waals surface area contributed by atoms with E-state index in [1.807, 2.05) is 4.72 Å². The summed E-state index contributed by atoms with van der Waals surface area (Å²) in [6, 6.07) is 0.786. The smallest absolute Gasteiger partial charge is 0.240 e. The normalized spacial score (nSPS) is 17.5. The molecule has 1 aliphatic rings. The lowest BCUT2D eigenvalue weighted by Gasteiger charge is -2.11. The molecule has 0 amide bonds. The van der Waals surface area contributed by atoms with Crippen LogP contribution in [0.2, 0.25) is 0 Å². The predicted octanol–water partition coefficient (Wildman–Crippen LogP) is 1.15. The van der Waals surface area contributed by atoms with Crippen LogP contribution in [0, 0.1) is 23.4 Å². The maximum atomic E-state index is 13.0. The van der Waals surface area contributed by atoms with Crippen LogP contribution in [0.3, 0.4) is 0 Å². The molecule has 4 nitrogen and oxygen atoms in total. The standard InChI is InChI=1S/C11H12F3NO3S/c12-8-3-7(4-9(13)11(8)14)19(17,18)15-5-10(16)6-1-2-6/h3-4,6,10,15-16H,1-2,5H2. The molecule has 2 rings (SSSR count). The van der Waals surface area contributed by atoms with Gasteiger partial charge in [0.25, 0.3) is 0 Å². The molecule has 1 aliphatic carbocycles. The van der Waals surface area contributed by atoms with E-state index in [4.69, 9.17) is 0 Å². The van der Waals surface area contributed by atoms with E-state index in [-0.39, 0.29) is 12.5 Å². The largest absolute Gasteiger partial charge is 0.391 e. The number of halogens is 3. The first-order valence-corrected chi connectivity index (χ1v) is 7.12. The molecule has 1 unspecified atom stereocenters. The van der Waals surface area contributed by atoms with Crippen molar-refractivity contribution in [3.05, 3.63) is 29.6 Å². The van der Waals surface area contributed by atoms with E-state index in [9.17, 15) is 26.7 Å². The summed E-state index contributed by atoms with van der Waals surface area (Å²) < 4.78 is 64.1. The molecular weight excluding hydrogens is 283 g/mol. The van der Waals surface area contributed by atoms with Crippen LogP contribution in [0.5, 0.6) is 0 Å². The fraction of sp³-hybridized carbons (Fsp3) is 0.455. The molecule has 1 saturated carbocycles. The van der Waals surface area contributed by atoms with Crippen molar-refractivity contribution in [2.75, 3.05) is 6.54 Å². The molecule has 0 bridgehead atoms. The zero-order valence-electron chi connectivity index (χ0n) is 9.74. The van der Waals surface area contributed by atoms with Crippen LogP contribution in [0.25, 0.3) is 0 Å². The van der Waals surface area contributed by atoms with Crippen molar-refractivity contribution >= 4 is 10.0 Å². The molecule has 1 atom stereocenters. The second-order valence-electron chi connectivity index (χ2n) is 4.46. The Morgan fingerprint density at radius 1 is 1.26 bits per heavy atom. The van der Waals surface area contributed by atoms with E-state index in [2.05, 4.69) is 0 Å². The lowest BCUT2D eigenvalue weighted by molar-refractivity contribution is 0.155. The monoisotopic (exact) mass is 295 g/mol. The van der Waals surface area contributed by atoms with Gasteiger partial charge in [0.15, 0.2) is 17.5 Å². The second-order valence-corrected chi connectivity index (χ2v) is 6.22. The third-order valence-electron chi connectivity index (χ3n) is 2.92. The highest BCUT2D eigenvalue weighted by Crippen LogP contribution is 2.32. The molecule has 8 heteroatoms. The summed E-state index contributed by atoms with van der Waals surface area (Å²) in [7, 11) is -4.18. The molecule has 0 spiro atoms. The highest BCUT2D eigenvalue weighted by molar-refractivity contribution is 7.89. The zero-order chi connectivity index (χ0) is 14.2. The van der Waals surface area contributed by atoms with E-state index in [1.54, 1.807) is 0 Å². The van der Waals surface area contributed by atoms with Gasteiger partial charge in [0.1, 0.15) is 0 Å². The summed E-state index contributed by atoms with van der Waals surface area (Å²) in [5.74, 6) is -4.83. The first-order valence-electron chi connectivity index (χ1n) is 5.63. The predicted molar refractivity (Wildman–Crippen MR) is 60.2 cm³/mol. The lowest BCUT2D eigenvalue weighted by atomic mass is 10.2. The van der Waals surface area contributed by atoms with Gasteiger partial charge in [-0.05, 0) is 30.9 Å². The highest BCUT2D eigenvalue weighted by Gasteiger charge is 2.30. The molecular formula is C11H12F3NO3S. The number of hydrogen-bond donors (Lipinski definition) is 2. The van der Waals surface area contributed by atoms with E-state index < -0.39 is 38.5 Å². The molecule has 0 radical (unpaired) electrons. The fourth-order valence-corrected chi connectivity index (χ4v) is 2.69. The van der Waals surface area contributed by atoms with E-state index in [0.717, 1.165) is 12.8 Å². The van der Waals surface area contributed by atoms with Crippen molar-refractivity contribution in [3.8, 4) is 0 Å². The average Bonchev–Trinajstić information content (AvgIpc) is 3.16. The Kier molecular flexibility index (Phi) is 3.84. The van der Waals surface area contributed by atoms with Crippen LogP contribution >= 0.6 is 0 Å². The Bertz CT molecular complexity index is 564. The molecule has 1 aromatic carbocycles. The molecule has 0 aliphatic heterocycles. The van der Waals surface area contributed by atoms with Gasteiger partial charge in [-0.15, -0.1) is 0 Å². The van der Waals surface area contributed by atoms with Crippen molar-refractivity contribution in [2.45, 2.75) is 23.8 Å². The first kappa shape index (κ1) is 14.3. The van der Waals surface area contributed by atoms with Crippen LogP contribution in [0.15, 0.2) is 17.0 Å². The molecule has 0 heterocycles. The second kappa shape index (κ2) is 5.10. The average molecular weight is 295 g/mol. The lowest BCUT2D eigenvalue weighted by Crippen LogP contribution is -2.33. The molecule has 106 valence electrons. The quantitative estimate of drug-likeness (QED) is 0.801. The molecule has 1 aromatic rings. The summed E-state index contributed by atoms with van der Waals surface area (Å²) in [6.45, 7) is -0.242. The van der Waals surface area contributed by atoms with Crippen molar-refractivity contribution in [3.63, 3.8) is 0 Å². The van der Waals surface area contributed by atoms with Gasteiger partial charge in [-0.1, -0.05) is 0 Å². The highest BCUT2D eigenvalue weighted by atomic mass is 32.2. The van der Waals surface area contributed by atoms with E-state index in [1.165, 1.54) is 0 Å². The van der Waals surface area contributed by atoms with Gasteiger partial charge in [-0.25, -0.2) is 26.3 Å². The Morgan fingerprint density at radius 3 is 2.26 bits per heavy atom. The number of hydrogen-bond acceptors (Lipinski definition) is 3. The maximum absolute atomic E-state index is 13.0. The van der Waals surface area contributed by atoms with Crippen molar-refractivity contribution in [2.24, 2.45) is 5.92 Å². The van der Waals surface area contributed by atoms with Crippen LogP contribution in [-0.4, -0.2) is 26.2 Å². The maximum Gasteiger partial charge on any atom is 0.240 e. The molecule has 19 heavy (non-hydrogen) atoms. The molecule has 1 fully saturated rings. The van der Waals surface area contributed by atoms with Crippen LogP contribution in [0.1, 0.15) is 12.8 Å². The van der Waals surface area contributed by atoms with Crippen molar-refractivity contribution < 1.29 is 26.7 Å². The Hall–Kier alpha value is -1.12. The summed E-state index contributed by atoms with van der Waals surface area (Å²) in [5.41, 5.74) is 0. The third kappa shape index (κ3) is 3.26. The minimum absolute atomic E-state index is 0.0596. The van der Waals surface area contributed by atoms with Gasteiger partial charge in [0.2, 0.25) is 10.0 Å². The minimum Gasteiger partial charge on any atom is -0.391 e. The van der Waals surface area contributed by atoms with Gasteiger partial charge in [-0.2, -0.15) is 0 Å². The number of nitrogens with one attached hydrogen (secondary N) is 1. The molecule has 0 aromatic heterocycles. The van der Waals surface area contributed by atoms with Crippen LogP contribution in [0.4, 0.5) is 13.2 Å². The van der Waals surface area contributed by atoms with Crippen molar-refractivity contribution in [1.82, 2.24) is 4.72 Å². The minimum atomic E-state index is -4.18. The van der Waals surface area contributed by atoms with E-state index >= 15 is 0 Å². The molecule has 0 saturated heterocycles. The van der Waals surface area contributed by atoms with Gasteiger partial charge in [0, 0.05) is 6.54 Å². The topological polar surface area (TPSA) is 66.4 Å². The van der Waals surface area contributed by atoms with Gasteiger partial charge < -0.3 is 5.11 Å². The van der Waals surface area contributed by atoms with Gasteiger partial charge in [-0.3, -0.25) is 0 Å². The molecule has 2 N–H and O–H groups in total. The summed E-state index contributed by atoms with van der Waals surface area (Å²) in [5, 5.41) is 9.52. The van der Waals surface area contributed by atoms with Gasteiger partial charge >= 0.3 is 0 Å². The third-order valence-corrected chi connectivity index (χ3v) is 4.32. The SMILES string of the molecule is O=S(=O)(NCC(O)C1CC1)c1cc(F)c(F)c(F)c1. The van der Waals surface area contributed by atoms with Crippen LogP contribution in [-0.2, 0) is 10.0 Å². The van der Waals surface area contributed by atoms with Gasteiger partial charge in [0.05, 0.1) is 11.0 Å². The number of sulfonamides is 1. The number of aliphatic hydroxyl groups is 1. The fourth-order valence-electron chi connectivity index (χ4n) is 1.61.